The Morgan fingerprint density at radius 1 is 1.39 bits per heavy atom. The summed E-state index contributed by atoms with van der Waals surface area (Å²) in [5.41, 5.74) is 3.84. The molecule has 0 saturated heterocycles. The molecule has 6 nitrogen and oxygen atoms in total. The number of nitrogens with one attached hydrogen (secondary N) is 2. The first-order chi connectivity index (χ1) is 14.7. The first kappa shape index (κ1) is 22.4. The van der Waals surface area contributed by atoms with Crippen LogP contribution >= 0.6 is 12.2 Å². The molecule has 1 aromatic carbocycles. The molecule has 1 aromatic heterocycles. The van der Waals surface area contributed by atoms with Crippen molar-refractivity contribution in [1.82, 2.24) is 10.3 Å². The second-order valence-corrected chi connectivity index (χ2v) is 7.88. The lowest BCUT2D eigenvalue weighted by Crippen LogP contribution is -2.45. The van der Waals surface area contributed by atoms with Gasteiger partial charge in [-0.3, -0.25) is 9.59 Å². The summed E-state index contributed by atoms with van der Waals surface area (Å²) in [5.74, 6) is 0.641. The Hall–Kier alpha value is -3.30. The molecule has 2 aromatic rings. The number of nitriles is 1. The summed E-state index contributed by atoms with van der Waals surface area (Å²) in [6.07, 6.45) is 1.78. The van der Waals surface area contributed by atoms with E-state index in [1.54, 1.807) is 6.92 Å². The highest BCUT2D eigenvalue weighted by Gasteiger charge is 2.42. The van der Waals surface area contributed by atoms with Gasteiger partial charge in [-0.05, 0) is 44.4 Å². The molecule has 1 saturated carbocycles. The Labute approximate surface area is 183 Å². The average Bonchev–Trinajstić information content (AvgIpc) is 3.03. The largest absolute Gasteiger partial charge is 0.365 e. The van der Waals surface area contributed by atoms with Crippen LogP contribution in [-0.2, 0) is 10.2 Å². The topological polar surface area (TPSA) is 112 Å². The van der Waals surface area contributed by atoms with Crippen LogP contribution in [0.15, 0.2) is 0 Å². The third-order valence-corrected chi connectivity index (χ3v) is 6.21. The highest BCUT2D eigenvalue weighted by atomic mass is 32.1. The van der Waals surface area contributed by atoms with Crippen LogP contribution in [0.3, 0.4) is 0 Å². The number of carbonyl (C=O) groups excluding carboxylic acids is 2. The number of nitrogens with two attached hydrogens (primary N) is 1. The quantitative estimate of drug-likeness (QED) is 0.499. The van der Waals surface area contributed by atoms with E-state index in [0.29, 0.717) is 25.0 Å². The number of thiocarbonyl (C=S) groups is 1. The number of aromatic nitrogens is 1. The summed E-state index contributed by atoms with van der Waals surface area (Å²) in [6.45, 7) is 3.11. The Balaban J connectivity index is 2.30. The molecule has 31 heavy (non-hydrogen) atoms. The zero-order valence-corrected chi connectivity index (χ0v) is 17.8. The predicted octanol–water partition coefficient (Wildman–Crippen LogP) is 3.04. The second kappa shape index (κ2) is 8.44. The van der Waals surface area contributed by atoms with Gasteiger partial charge in [0.15, 0.2) is 11.6 Å². The first-order valence-electron chi connectivity index (χ1n) is 9.64. The smallest absolute Gasteiger partial charge is 0.296 e. The second-order valence-electron chi connectivity index (χ2n) is 7.64. The van der Waals surface area contributed by atoms with E-state index in [9.17, 15) is 14.9 Å². The van der Waals surface area contributed by atoms with Crippen LogP contribution < -0.4 is 11.1 Å². The van der Waals surface area contributed by atoms with Gasteiger partial charge in [-0.2, -0.15) is 5.26 Å². The molecule has 1 fully saturated rings. The number of H-pyrrole nitrogens is 1. The summed E-state index contributed by atoms with van der Waals surface area (Å²) in [7, 11) is 0. The Morgan fingerprint density at radius 3 is 2.68 bits per heavy atom. The summed E-state index contributed by atoms with van der Waals surface area (Å²) in [5, 5.41) is 13.9. The van der Waals surface area contributed by atoms with Gasteiger partial charge in [0, 0.05) is 28.1 Å². The lowest BCUT2D eigenvalue weighted by Gasteiger charge is -2.39. The monoisotopic (exact) mass is 442 g/mol. The minimum Gasteiger partial charge on any atom is -0.365 e. The number of primary amides is 1. The van der Waals surface area contributed by atoms with E-state index in [2.05, 4.69) is 22.1 Å². The van der Waals surface area contributed by atoms with E-state index >= 15 is 8.78 Å². The molecule has 0 bridgehead atoms. The molecule has 2 amide bonds. The van der Waals surface area contributed by atoms with Gasteiger partial charge in [-0.25, -0.2) is 8.78 Å². The number of nitrogens with zero attached hydrogens (tertiary/aromatic N) is 1. The third-order valence-electron chi connectivity index (χ3n) is 5.76. The van der Waals surface area contributed by atoms with Crippen molar-refractivity contribution in [2.24, 2.45) is 5.73 Å². The van der Waals surface area contributed by atoms with Gasteiger partial charge >= 0.3 is 0 Å². The van der Waals surface area contributed by atoms with Crippen LogP contribution in [0.5, 0.6) is 0 Å². The lowest BCUT2D eigenvalue weighted by molar-refractivity contribution is -0.116. The Morgan fingerprint density at radius 2 is 2.10 bits per heavy atom. The van der Waals surface area contributed by atoms with E-state index in [0.717, 1.165) is 0 Å². The number of hydrogen-bond donors (Lipinski definition) is 3. The molecule has 160 valence electrons. The molecule has 0 spiro atoms. The van der Waals surface area contributed by atoms with Crippen molar-refractivity contribution >= 4 is 40.3 Å². The fourth-order valence-corrected chi connectivity index (χ4v) is 4.83. The van der Waals surface area contributed by atoms with Gasteiger partial charge in [0.1, 0.15) is 11.6 Å². The zero-order chi connectivity index (χ0) is 22.9. The van der Waals surface area contributed by atoms with Crippen molar-refractivity contribution in [3.63, 3.8) is 0 Å². The minimum atomic E-state index is -1.39. The van der Waals surface area contributed by atoms with Crippen LogP contribution in [0.1, 0.15) is 59.8 Å². The van der Waals surface area contributed by atoms with Gasteiger partial charge < -0.3 is 16.0 Å². The van der Waals surface area contributed by atoms with Crippen LogP contribution in [0.25, 0.3) is 10.9 Å². The van der Waals surface area contributed by atoms with Gasteiger partial charge in [-0.1, -0.05) is 24.6 Å². The van der Waals surface area contributed by atoms with Crippen molar-refractivity contribution in [3.8, 4) is 17.9 Å². The number of rotatable bonds is 4. The maximum Gasteiger partial charge on any atom is 0.296 e. The summed E-state index contributed by atoms with van der Waals surface area (Å²) >= 11 is 5.28. The standard InChI is InChI=1S/C22H20F2N4O2S/c1-3-5-14(29)28-12-6-4-7-22(8-12,10-31)17-15-13(9-25)11(2)27-20(15)16(21(26)30)18(23)19(17)24/h10,12,27H,4,6-8H2,1-2H3,(H2,26,30)(H,28,29)/t12-,22?/m0/s1. The number of halogens is 2. The van der Waals surface area contributed by atoms with E-state index in [1.807, 2.05) is 6.07 Å². The molecule has 1 aliphatic carbocycles. The number of aromatic amines is 1. The van der Waals surface area contributed by atoms with Gasteiger partial charge in [0.2, 0.25) is 0 Å². The van der Waals surface area contributed by atoms with Crippen LogP contribution in [0.4, 0.5) is 8.78 Å². The molecule has 2 atom stereocenters. The SMILES string of the molecule is CC#CC(=O)N[C@H]1CCCC(C=S)(c2c(F)c(F)c(C(N)=O)c3[nH]c(C)c(C#N)c23)C1. The van der Waals surface area contributed by atoms with Gasteiger partial charge in [0.25, 0.3) is 11.8 Å². The van der Waals surface area contributed by atoms with Crippen molar-refractivity contribution in [2.45, 2.75) is 51.0 Å². The van der Waals surface area contributed by atoms with E-state index in [4.69, 9.17) is 18.0 Å². The van der Waals surface area contributed by atoms with Gasteiger partial charge in [0.05, 0.1) is 11.1 Å². The predicted molar refractivity (Wildman–Crippen MR) is 115 cm³/mol. The molecular formula is C22H20F2N4O2S. The maximum absolute atomic E-state index is 15.5. The molecular weight excluding hydrogens is 422 g/mol. The highest BCUT2D eigenvalue weighted by Crippen LogP contribution is 2.45. The molecule has 1 heterocycles. The number of benzene rings is 1. The Bertz CT molecular complexity index is 1220. The van der Waals surface area contributed by atoms with Crippen molar-refractivity contribution < 1.29 is 18.4 Å². The van der Waals surface area contributed by atoms with E-state index < -0.39 is 34.4 Å². The van der Waals surface area contributed by atoms with Crippen molar-refractivity contribution in [2.75, 3.05) is 0 Å². The van der Waals surface area contributed by atoms with E-state index in [-0.39, 0.29) is 34.5 Å². The number of carbonyl (C=O) groups is 2. The molecule has 0 radical (unpaired) electrons. The van der Waals surface area contributed by atoms with E-state index in [1.165, 1.54) is 12.3 Å². The molecule has 0 aliphatic heterocycles. The summed E-state index contributed by atoms with van der Waals surface area (Å²) in [4.78, 5) is 26.7. The van der Waals surface area contributed by atoms with Crippen molar-refractivity contribution in [3.05, 3.63) is 34.0 Å². The van der Waals surface area contributed by atoms with Crippen LogP contribution in [0, 0.1) is 41.7 Å². The Kier molecular flexibility index (Phi) is 6.10. The number of amides is 2. The molecule has 1 aliphatic rings. The minimum absolute atomic E-state index is 0.0327. The fourth-order valence-electron chi connectivity index (χ4n) is 4.50. The number of fused-ring (bicyclic) bond motifs is 1. The average molecular weight is 442 g/mol. The molecule has 3 rings (SSSR count). The van der Waals surface area contributed by atoms with Crippen molar-refractivity contribution in [1.29, 1.82) is 5.26 Å². The summed E-state index contributed by atoms with van der Waals surface area (Å²) in [6, 6.07) is 1.63. The summed E-state index contributed by atoms with van der Waals surface area (Å²) < 4.78 is 30.6. The molecule has 4 N–H and O–H groups in total. The molecule has 9 heteroatoms. The van der Waals surface area contributed by atoms with Crippen LogP contribution in [0.2, 0.25) is 0 Å². The van der Waals surface area contributed by atoms with Crippen LogP contribution in [-0.4, -0.2) is 28.2 Å². The normalized spacial score (nSPS) is 20.4. The molecule has 1 unspecified atom stereocenters. The number of aryl methyl sites for hydroxylation is 1. The maximum atomic E-state index is 15.5. The van der Waals surface area contributed by atoms with Gasteiger partial charge in [-0.15, -0.1) is 0 Å². The third kappa shape index (κ3) is 3.66. The highest BCUT2D eigenvalue weighted by molar-refractivity contribution is 7.79. The zero-order valence-electron chi connectivity index (χ0n) is 17.0. The number of hydrogen-bond acceptors (Lipinski definition) is 4. The lowest BCUT2D eigenvalue weighted by atomic mass is 9.67. The first-order valence-corrected chi connectivity index (χ1v) is 10.1. The fraction of sp³-hybridized carbons (Fsp3) is 0.364.